The van der Waals surface area contributed by atoms with Gasteiger partial charge in [0.15, 0.2) is 17.3 Å². The number of hydrogen-bond donors (Lipinski definition) is 0. The number of aromatic nitrogens is 3. The van der Waals surface area contributed by atoms with E-state index in [-0.39, 0.29) is 5.82 Å². The fourth-order valence-electron chi connectivity index (χ4n) is 3.46. The molecule has 1 fully saturated rings. The van der Waals surface area contributed by atoms with Gasteiger partial charge in [-0.2, -0.15) is 0 Å². The monoisotopic (exact) mass is 390 g/mol. The average molecular weight is 391 g/mol. The molecule has 0 radical (unpaired) electrons. The lowest BCUT2D eigenvalue weighted by molar-refractivity contribution is 0.122. The topological polar surface area (TPSA) is 52.4 Å². The zero-order valence-electron chi connectivity index (χ0n) is 15.4. The van der Waals surface area contributed by atoms with Crippen molar-refractivity contribution < 1.29 is 13.9 Å². The molecule has 142 valence electrons. The van der Waals surface area contributed by atoms with Crippen LogP contribution in [0.15, 0.2) is 18.2 Å². The van der Waals surface area contributed by atoms with E-state index in [1.54, 1.807) is 13.2 Å². The normalized spacial score (nSPS) is 14.8. The molecule has 27 heavy (non-hydrogen) atoms. The van der Waals surface area contributed by atoms with Gasteiger partial charge in [-0.25, -0.2) is 14.4 Å². The number of methoxy groups -OCH3 is 1. The second-order valence-electron chi connectivity index (χ2n) is 6.53. The molecule has 0 aliphatic carbocycles. The van der Waals surface area contributed by atoms with Gasteiger partial charge in [-0.05, 0) is 24.6 Å². The summed E-state index contributed by atoms with van der Waals surface area (Å²) in [5.74, 6) is 1.23. The molecule has 4 rings (SSSR count). The summed E-state index contributed by atoms with van der Waals surface area (Å²) >= 11 is 6.15. The lowest BCUT2D eigenvalue weighted by atomic mass is 10.1. The summed E-state index contributed by atoms with van der Waals surface area (Å²) in [5, 5.41) is 0.589. The van der Waals surface area contributed by atoms with E-state index < -0.39 is 0 Å². The standard InChI is InChI=1S/C19H20ClFN4O2/c1-11-8-12(20)9-15(26-3)16(11)19-23-17-14(24(19)2)10-13(21)18(22-17)25-4-6-27-7-5-25/h8-10H,4-7H2,1-3H3. The van der Waals surface area contributed by atoms with Crippen LogP contribution in [0.2, 0.25) is 5.02 Å². The second kappa shape index (κ2) is 6.98. The number of morpholine rings is 1. The summed E-state index contributed by atoms with van der Waals surface area (Å²) in [6.45, 7) is 4.29. The first-order chi connectivity index (χ1) is 13.0. The summed E-state index contributed by atoms with van der Waals surface area (Å²) in [6.07, 6.45) is 0. The van der Waals surface area contributed by atoms with Gasteiger partial charge in [0.2, 0.25) is 0 Å². The summed E-state index contributed by atoms with van der Waals surface area (Å²) in [6, 6.07) is 5.09. The van der Waals surface area contributed by atoms with E-state index in [0.717, 1.165) is 11.1 Å². The Balaban J connectivity index is 1.88. The predicted octanol–water partition coefficient (Wildman–Crippen LogP) is 3.58. The molecule has 2 aromatic heterocycles. The summed E-state index contributed by atoms with van der Waals surface area (Å²) in [5.41, 5.74) is 2.85. The zero-order chi connectivity index (χ0) is 19.1. The molecular formula is C19H20ClFN4O2. The zero-order valence-corrected chi connectivity index (χ0v) is 16.2. The molecule has 1 aromatic carbocycles. The number of aryl methyl sites for hydroxylation is 2. The molecule has 0 N–H and O–H groups in total. The number of halogens is 2. The van der Waals surface area contributed by atoms with Gasteiger partial charge in [0.05, 0.1) is 31.4 Å². The van der Waals surface area contributed by atoms with Gasteiger partial charge >= 0.3 is 0 Å². The van der Waals surface area contributed by atoms with E-state index >= 15 is 0 Å². The Kier molecular flexibility index (Phi) is 4.65. The van der Waals surface area contributed by atoms with Gasteiger partial charge in [-0.15, -0.1) is 0 Å². The van der Waals surface area contributed by atoms with Crippen LogP contribution in [-0.2, 0) is 11.8 Å². The molecule has 8 heteroatoms. The quantitative estimate of drug-likeness (QED) is 0.684. The van der Waals surface area contributed by atoms with Crippen molar-refractivity contribution in [1.82, 2.24) is 14.5 Å². The molecule has 3 heterocycles. The van der Waals surface area contributed by atoms with Gasteiger partial charge in [-0.3, -0.25) is 0 Å². The smallest absolute Gasteiger partial charge is 0.180 e. The Labute approximate surface area is 161 Å². The molecule has 0 saturated carbocycles. The van der Waals surface area contributed by atoms with Crippen LogP contribution in [0, 0.1) is 12.7 Å². The molecule has 1 saturated heterocycles. The number of fused-ring (bicyclic) bond motifs is 1. The van der Waals surface area contributed by atoms with Gasteiger partial charge in [-0.1, -0.05) is 11.6 Å². The lowest BCUT2D eigenvalue weighted by Gasteiger charge is -2.27. The van der Waals surface area contributed by atoms with Crippen LogP contribution in [0.25, 0.3) is 22.6 Å². The molecule has 0 bridgehead atoms. The molecule has 0 atom stereocenters. The van der Waals surface area contributed by atoms with Crippen LogP contribution in [0.3, 0.4) is 0 Å². The number of imidazole rings is 1. The number of nitrogens with zero attached hydrogens (tertiary/aromatic N) is 4. The van der Waals surface area contributed by atoms with Gasteiger partial charge in [0.25, 0.3) is 0 Å². The third-order valence-electron chi connectivity index (χ3n) is 4.83. The second-order valence-corrected chi connectivity index (χ2v) is 6.97. The highest BCUT2D eigenvalue weighted by Gasteiger charge is 2.22. The minimum absolute atomic E-state index is 0.315. The third-order valence-corrected chi connectivity index (χ3v) is 5.05. The molecule has 0 amide bonds. The van der Waals surface area contributed by atoms with Crippen molar-refractivity contribution in [2.45, 2.75) is 6.92 Å². The van der Waals surface area contributed by atoms with Crippen LogP contribution < -0.4 is 9.64 Å². The Morgan fingerprint density at radius 3 is 2.63 bits per heavy atom. The molecule has 6 nitrogen and oxygen atoms in total. The van der Waals surface area contributed by atoms with Crippen molar-refractivity contribution in [3.8, 4) is 17.1 Å². The molecule has 0 spiro atoms. The lowest BCUT2D eigenvalue weighted by Crippen LogP contribution is -2.37. The van der Waals surface area contributed by atoms with Crippen LogP contribution in [0.4, 0.5) is 10.2 Å². The number of pyridine rings is 1. The van der Waals surface area contributed by atoms with Crippen molar-refractivity contribution in [3.63, 3.8) is 0 Å². The highest BCUT2D eigenvalue weighted by atomic mass is 35.5. The minimum atomic E-state index is -0.362. The number of ether oxygens (including phenoxy) is 2. The predicted molar refractivity (Wildman–Crippen MR) is 103 cm³/mol. The van der Waals surface area contributed by atoms with Crippen molar-refractivity contribution in [2.75, 3.05) is 38.3 Å². The Morgan fingerprint density at radius 2 is 1.93 bits per heavy atom. The van der Waals surface area contributed by atoms with Crippen LogP contribution >= 0.6 is 11.6 Å². The summed E-state index contributed by atoms with van der Waals surface area (Å²) < 4.78 is 27.4. The van der Waals surface area contributed by atoms with Crippen LogP contribution in [0.1, 0.15) is 5.56 Å². The number of anilines is 1. The maximum atomic E-state index is 14.7. The van der Waals surface area contributed by atoms with E-state index in [2.05, 4.69) is 9.97 Å². The van der Waals surface area contributed by atoms with Crippen LogP contribution in [-0.4, -0.2) is 47.9 Å². The Hall–Kier alpha value is -2.38. The Morgan fingerprint density at radius 1 is 1.19 bits per heavy atom. The van der Waals surface area contributed by atoms with E-state index in [9.17, 15) is 4.39 Å². The van der Waals surface area contributed by atoms with Gasteiger partial charge < -0.3 is 18.9 Å². The van der Waals surface area contributed by atoms with Crippen molar-refractivity contribution in [3.05, 3.63) is 34.6 Å². The minimum Gasteiger partial charge on any atom is -0.496 e. The van der Waals surface area contributed by atoms with E-state index in [4.69, 9.17) is 21.1 Å². The largest absolute Gasteiger partial charge is 0.496 e. The fourth-order valence-corrected chi connectivity index (χ4v) is 3.72. The fraction of sp³-hybridized carbons (Fsp3) is 0.368. The first kappa shape index (κ1) is 18.0. The van der Waals surface area contributed by atoms with Gasteiger partial charge in [0.1, 0.15) is 11.6 Å². The van der Waals surface area contributed by atoms with E-state index in [0.29, 0.717) is 59.9 Å². The van der Waals surface area contributed by atoms with E-state index in [1.807, 2.05) is 29.5 Å². The number of hydrogen-bond acceptors (Lipinski definition) is 5. The summed E-state index contributed by atoms with van der Waals surface area (Å²) in [7, 11) is 3.43. The maximum absolute atomic E-state index is 14.7. The highest BCUT2D eigenvalue weighted by Crippen LogP contribution is 2.36. The Bertz CT molecular complexity index is 1010. The van der Waals surface area contributed by atoms with Crippen molar-refractivity contribution in [1.29, 1.82) is 0 Å². The molecule has 1 aliphatic heterocycles. The van der Waals surface area contributed by atoms with Crippen molar-refractivity contribution >= 4 is 28.6 Å². The summed E-state index contributed by atoms with van der Waals surface area (Å²) in [4.78, 5) is 11.1. The maximum Gasteiger partial charge on any atom is 0.180 e. The van der Waals surface area contributed by atoms with Crippen LogP contribution in [0.5, 0.6) is 5.75 Å². The number of rotatable bonds is 3. The molecular weight excluding hydrogens is 371 g/mol. The van der Waals surface area contributed by atoms with Crippen molar-refractivity contribution in [2.24, 2.45) is 7.05 Å². The SMILES string of the molecule is COc1cc(Cl)cc(C)c1-c1nc2nc(N3CCOCC3)c(F)cc2n1C. The first-order valence-electron chi connectivity index (χ1n) is 8.69. The van der Waals surface area contributed by atoms with Gasteiger partial charge in [0, 0.05) is 31.2 Å². The first-order valence-corrected chi connectivity index (χ1v) is 9.07. The highest BCUT2D eigenvalue weighted by molar-refractivity contribution is 6.31. The third kappa shape index (κ3) is 3.11. The molecule has 0 unspecified atom stereocenters. The molecule has 3 aromatic rings. The van der Waals surface area contributed by atoms with E-state index in [1.165, 1.54) is 6.07 Å². The number of benzene rings is 1. The average Bonchev–Trinajstić information content (AvgIpc) is 2.96. The molecule has 1 aliphatic rings.